The Kier molecular flexibility index (Phi) is 4.45. The Morgan fingerprint density at radius 1 is 0.960 bits per heavy atom. The van der Waals surface area contributed by atoms with Gasteiger partial charge in [0.05, 0.1) is 10.8 Å². The Morgan fingerprint density at radius 2 is 1.40 bits per heavy atom. The molecular formula is C18H16FNO4S. The van der Waals surface area contributed by atoms with Gasteiger partial charge < -0.3 is 5.11 Å². The van der Waals surface area contributed by atoms with Crippen molar-refractivity contribution >= 4 is 27.1 Å². The summed E-state index contributed by atoms with van der Waals surface area (Å²) in [6.45, 7) is 0. The molecule has 5 nitrogen and oxygen atoms in total. The number of sulfonamides is 1. The van der Waals surface area contributed by atoms with Gasteiger partial charge in [0.1, 0.15) is 5.82 Å². The lowest BCUT2D eigenvalue weighted by Crippen LogP contribution is -2.12. The summed E-state index contributed by atoms with van der Waals surface area (Å²) in [6.07, 6.45) is 0.671. The van der Waals surface area contributed by atoms with Gasteiger partial charge in [-0.2, -0.15) is 0 Å². The predicted octanol–water partition coefficient (Wildman–Crippen LogP) is 2.88. The Bertz CT molecular complexity index is 948. The van der Waals surface area contributed by atoms with Crippen LogP contribution in [-0.2, 0) is 14.8 Å². The molecule has 0 heterocycles. The molecule has 0 amide bonds. The smallest absolute Gasteiger partial charge is 0.307 e. The van der Waals surface area contributed by atoms with Gasteiger partial charge in [-0.15, -0.1) is 0 Å². The van der Waals surface area contributed by atoms with Crippen LogP contribution < -0.4 is 5.14 Å². The number of carbonyl (C=O) groups is 1. The van der Waals surface area contributed by atoms with Crippen LogP contribution in [-0.4, -0.2) is 19.5 Å². The van der Waals surface area contributed by atoms with Crippen molar-refractivity contribution in [2.45, 2.75) is 17.7 Å². The van der Waals surface area contributed by atoms with Crippen LogP contribution in [0.3, 0.4) is 0 Å². The lowest BCUT2D eigenvalue weighted by atomic mass is 9.97. The maximum absolute atomic E-state index is 13.2. The van der Waals surface area contributed by atoms with Crippen molar-refractivity contribution in [3.8, 4) is 0 Å². The number of allylic oxidation sites excluding steroid dienone is 2. The quantitative estimate of drug-likeness (QED) is 0.875. The van der Waals surface area contributed by atoms with Crippen LogP contribution >= 0.6 is 0 Å². The monoisotopic (exact) mass is 361 g/mol. The van der Waals surface area contributed by atoms with Crippen molar-refractivity contribution in [2.75, 3.05) is 0 Å². The van der Waals surface area contributed by atoms with E-state index in [1.165, 1.54) is 24.3 Å². The standard InChI is InChI=1S/C18H16FNO4S/c19-14-5-1-11(2-6-14)16-9-13(18(21)22)10-17(16)12-3-7-15(8-4-12)25(20,23)24/h1-8,13H,9-10H2,(H,21,22)(H2,20,23,24). The van der Waals surface area contributed by atoms with E-state index in [-0.39, 0.29) is 10.7 Å². The Labute approximate surface area is 144 Å². The van der Waals surface area contributed by atoms with E-state index in [0.717, 1.165) is 22.3 Å². The molecule has 0 aliphatic heterocycles. The molecule has 25 heavy (non-hydrogen) atoms. The largest absolute Gasteiger partial charge is 0.481 e. The van der Waals surface area contributed by atoms with Crippen LogP contribution in [0.4, 0.5) is 4.39 Å². The summed E-state index contributed by atoms with van der Waals surface area (Å²) in [4.78, 5) is 11.4. The van der Waals surface area contributed by atoms with Gasteiger partial charge in [0, 0.05) is 0 Å². The highest BCUT2D eigenvalue weighted by molar-refractivity contribution is 7.89. The number of hydrogen-bond acceptors (Lipinski definition) is 3. The van der Waals surface area contributed by atoms with Crippen molar-refractivity contribution < 1.29 is 22.7 Å². The van der Waals surface area contributed by atoms with E-state index in [1.807, 2.05) is 0 Å². The molecule has 3 rings (SSSR count). The van der Waals surface area contributed by atoms with Crippen LogP contribution in [0, 0.1) is 11.7 Å². The fraction of sp³-hybridized carbons (Fsp3) is 0.167. The molecule has 2 aromatic carbocycles. The molecule has 1 unspecified atom stereocenters. The number of carboxylic acids is 1. The molecule has 7 heteroatoms. The molecule has 2 aromatic rings. The third-order valence-electron chi connectivity index (χ3n) is 4.34. The van der Waals surface area contributed by atoms with E-state index in [4.69, 9.17) is 5.14 Å². The van der Waals surface area contributed by atoms with Gasteiger partial charge in [-0.1, -0.05) is 24.3 Å². The molecule has 1 aliphatic rings. The topological polar surface area (TPSA) is 97.5 Å². The van der Waals surface area contributed by atoms with Gasteiger partial charge in [0.15, 0.2) is 0 Å². The minimum absolute atomic E-state index is 0.00652. The summed E-state index contributed by atoms with van der Waals surface area (Å²) < 4.78 is 35.9. The molecule has 0 fully saturated rings. The average molecular weight is 361 g/mol. The van der Waals surface area contributed by atoms with Gasteiger partial charge in [-0.3, -0.25) is 4.79 Å². The van der Waals surface area contributed by atoms with Crippen molar-refractivity contribution in [3.63, 3.8) is 0 Å². The summed E-state index contributed by atoms with van der Waals surface area (Å²) >= 11 is 0. The first kappa shape index (κ1) is 17.3. The molecule has 1 atom stereocenters. The molecule has 0 spiro atoms. The zero-order valence-corrected chi connectivity index (χ0v) is 14.0. The molecule has 0 saturated carbocycles. The zero-order chi connectivity index (χ0) is 18.2. The van der Waals surface area contributed by atoms with E-state index in [2.05, 4.69) is 0 Å². The first-order valence-electron chi connectivity index (χ1n) is 7.59. The minimum Gasteiger partial charge on any atom is -0.481 e. The van der Waals surface area contributed by atoms with Gasteiger partial charge in [0.25, 0.3) is 0 Å². The summed E-state index contributed by atoms with van der Waals surface area (Å²) in [6, 6.07) is 11.9. The summed E-state index contributed by atoms with van der Waals surface area (Å²) in [5.74, 6) is -1.82. The Hall–Kier alpha value is -2.51. The maximum Gasteiger partial charge on any atom is 0.307 e. The molecule has 0 bridgehead atoms. The molecule has 3 N–H and O–H groups in total. The number of rotatable bonds is 4. The van der Waals surface area contributed by atoms with Crippen molar-refractivity contribution in [3.05, 3.63) is 65.5 Å². The zero-order valence-electron chi connectivity index (χ0n) is 13.1. The number of aliphatic carboxylic acids is 1. The molecular weight excluding hydrogens is 345 g/mol. The molecule has 0 radical (unpaired) electrons. The SMILES string of the molecule is NS(=O)(=O)c1ccc(C2=C(c3ccc(F)cc3)CC(C(=O)O)C2)cc1. The lowest BCUT2D eigenvalue weighted by Gasteiger charge is -2.09. The first-order chi connectivity index (χ1) is 11.8. The number of benzene rings is 2. The fourth-order valence-electron chi connectivity index (χ4n) is 3.07. The average Bonchev–Trinajstić information content (AvgIpc) is 3.00. The lowest BCUT2D eigenvalue weighted by molar-refractivity contribution is -0.141. The van der Waals surface area contributed by atoms with Crippen molar-refractivity contribution in [2.24, 2.45) is 11.1 Å². The Balaban J connectivity index is 2.06. The number of carboxylic acid groups (broad SMARTS) is 1. The van der Waals surface area contributed by atoms with Gasteiger partial charge in [-0.05, 0) is 59.4 Å². The third kappa shape index (κ3) is 3.62. The number of halogens is 1. The molecule has 0 saturated heterocycles. The van der Waals surface area contributed by atoms with Crippen LogP contribution in [0.25, 0.3) is 11.1 Å². The number of hydrogen-bond donors (Lipinski definition) is 2. The van der Waals surface area contributed by atoms with Crippen LogP contribution in [0.2, 0.25) is 0 Å². The normalized spacial score (nSPS) is 17.8. The summed E-state index contributed by atoms with van der Waals surface area (Å²) in [7, 11) is -3.79. The van der Waals surface area contributed by atoms with E-state index in [0.29, 0.717) is 12.8 Å². The van der Waals surface area contributed by atoms with Crippen molar-refractivity contribution in [1.82, 2.24) is 0 Å². The highest BCUT2D eigenvalue weighted by atomic mass is 32.2. The third-order valence-corrected chi connectivity index (χ3v) is 5.27. The predicted molar refractivity (Wildman–Crippen MR) is 91.4 cm³/mol. The number of primary sulfonamides is 1. The summed E-state index contributed by atoms with van der Waals surface area (Å²) in [5, 5.41) is 14.5. The highest BCUT2D eigenvalue weighted by Crippen LogP contribution is 2.43. The highest BCUT2D eigenvalue weighted by Gasteiger charge is 2.30. The van der Waals surface area contributed by atoms with Crippen LogP contribution in [0.5, 0.6) is 0 Å². The molecule has 0 aromatic heterocycles. The fourth-order valence-corrected chi connectivity index (χ4v) is 3.58. The van der Waals surface area contributed by atoms with Gasteiger partial charge >= 0.3 is 5.97 Å². The maximum atomic E-state index is 13.2. The van der Waals surface area contributed by atoms with E-state index in [9.17, 15) is 22.7 Å². The van der Waals surface area contributed by atoms with Crippen LogP contribution in [0.1, 0.15) is 24.0 Å². The number of nitrogens with two attached hydrogens (primary N) is 1. The second-order valence-electron chi connectivity index (χ2n) is 5.98. The second-order valence-corrected chi connectivity index (χ2v) is 7.54. The van der Waals surface area contributed by atoms with Gasteiger partial charge in [0.2, 0.25) is 10.0 Å². The van der Waals surface area contributed by atoms with Crippen LogP contribution in [0.15, 0.2) is 53.4 Å². The molecule has 130 valence electrons. The van der Waals surface area contributed by atoms with E-state index in [1.54, 1.807) is 24.3 Å². The summed E-state index contributed by atoms with van der Waals surface area (Å²) in [5.41, 5.74) is 3.14. The Morgan fingerprint density at radius 3 is 1.80 bits per heavy atom. The van der Waals surface area contributed by atoms with Gasteiger partial charge in [-0.25, -0.2) is 17.9 Å². The van der Waals surface area contributed by atoms with E-state index >= 15 is 0 Å². The molecule has 1 aliphatic carbocycles. The van der Waals surface area contributed by atoms with Crippen molar-refractivity contribution in [1.29, 1.82) is 0 Å². The second kappa shape index (κ2) is 6.42. The first-order valence-corrected chi connectivity index (χ1v) is 9.14. The minimum atomic E-state index is -3.79. The van der Waals surface area contributed by atoms with E-state index < -0.39 is 21.9 Å².